The van der Waals surface area contributed by atoms with Crippen molar-refractivity contribution in [2.45, 2.75) is 19.3 Å². The Balaban J connectivity index is -0.000000320. The topological polar surface area (TPSA) is 109 Å². The zero-order valence-corrected chi connectivity index (χ0v) is 9.55. The first kappa shape index (κ1) is 17.8. The minimum atomic E-state index is -4.50. The van der Waals surface area contributed by atoms with Gasteiger partial charge in [0.15, 0.2) is 0 Å². The fourth-order valence-electron chi connectivity index (χ4n) is 0.333. The van der Waals surface area contributed by atoms with Gasteiger partial charge in [0.05, 0.1) is 0 Å². The van der Waals surface area contributed by atoms with Crippen molar-refractivity contribution in [3.05, 3.63) is 0 Å². The van der Waals surface area contributed by atoms with E-state index in [1.807, 2.05) is 0 Å². The average Bonchev–Trinajstić information content (AvgIpc) is 1.62. The Labute approximate surface area is 88.2 Å². The summed E-state index contributed by atoms with van der Waals surface area (Å²) in [6.45, 7) is 2.92. The number of hydrogen-bond donors (Lipinski definition) is 1. The minimum Gasteiger partial charge on any atom is -0.746 e. The Hall–Kier alpha value is 0.830. The third-order valence-electron chi connectivity index (χ3n) is 0.866. The molecule has 0 saturated carbocycles. The summed E-state index contributed by atoms with van der Waals surface area (Å²) in [6.07, 6.45) is 0. The van der Waals surface area contributed by atoms with E-state index in [1.54, 1.807) is 0 Å². The fraction of sp³-hybridized carbons (Fsp3) is 1.00. The van der Waals surface area contributed by atoms with E-state index in [9.17, 15) is 13.0 Å². The molecule has 0 aromatic carbocycles. The van der Waals surface area contributed by atoms with Crippen LogP contribution in [-0.4, -0.2) is 29.0 Å². The van der Waals surface area contributed by atoms with Crippen molar-refractivity contribution >= 4 is 10.1 Å². The van der Waals surface area contributed by atoms with Crippen molar-refractivity contribution < 1.29 is 53.1 Å². The monoisotopic (exact) mass is 194 g/mol. The molecule has 0 aromatic heterocycles. The molecule has 0 bridgehead atoms. The van der Waals surface area contributed by atoms with Gasteiger partial charge in [-0.25, -0.2) is 8.42 Å². The third-order valence-corrected chi connectivity index (χ3v) is 2.00. The molecule has 3 N–H and O–H groups in total. The summed E-state index contributed by atoms with van der Waals surface area (Å²) in [6, 6.07) is 0. The van der Waals surface area contributed by atoms with Crippen LogP contribution in [0, 0.1) is 5.92 Å². The molecule has 0 aromatic rings. The van der Waals surface area contributed by atoms with Crippen LogP contribution < -0.4 is 29.6 Å². The summed E-state index contributed by atoms with van der Waals surface area (Å²) >= 11 is 0. The molecule has 0 heterocycles. The second-order valence-electron chi connectivity index (χ2n) is 2.13. The van der Waals surface area contributed by atoms with Crippen LogP contribution in [0.4, 0.5) is 0 Å². The molecule has 0 radical (unpaired) electrons. The summed E-state index contributed by atoms with van der Waals surface area (Å²) in [5.74, 6) is -0.535. The van der Waals surface area contributed by atoms with E-state index in [1.165, 1.54) is 13.8 Å². The molecular weight excluding hydrogens is 183 g/mol. The van der Waals surface area contributed by atoms with Gasteiger partial charge in [-0.1, -0.05) is 13.8 Å². The molecule has 5 nitrogen and oxygen atoms in total. The normalized spacial score (nSPS) is 13.2. The van der Waals surface area contributed by atoms with Gasteiger partial charge in [0.1, 0.15) is 15.6 Å². The molecule has 0 amide bonds. The summed E-state index contributed by atoms with van der Waals surface area (Å²) in [5, 5.41) is 8.56. The van der Waals surface area contributed by atoms with Crippen molar-refractivity contribution in [3.8, 4) is 0 Å². The summed E-state index contributed by atoms with van der Waals surface area (Å²) in [7, 11) is -4.50. The van der Waals surface area contributed by atoms with Gasteiger partial charge in [-0.05, 0) is 5.92 Å². The Morgan fingerprint density at radius 3 is 1.64 bits per heavy atom. The zero-order chi connectivity index (χ0) is 7.65. The molecule has 0 spiro atoms. The average molecular weight is 194 g/mol. The van der Waals surface area contributed by atoms with Crippen LogP contribution in [-0.2, 0) is 10.1 Å². The van der Waals surface area contributed by atoms with Crippen LogP contribution in [0.2, 0.25) is 0 Å². The van der Waals surface area contributed by atoms with E-state index < -0.39 is 21.5 Å². The van der Waals surface area contributed by atoms with Crippen molar-refractivity contribution in [2.75, 3.05) is 0 Å². The minimum absolute atomic E-state index is 0. The second-order valence-corrected chi connectivity index (χ2v) is 3.60. The zero-order valence-electron chi connectivity index (χ0n) is 6.73. The number of hydrogen-bond acceptors (Lipinski definition) is 4. The maximum absolute atomic E-state index is 9.97. The summed E-state index contributed by atoms with van der Waals surface area (Å²) in [4.78, 5) is 0. The van der Waals surface area contributed by atoms with E-state index in [-0.39, 0.29) is 35.0 Å². The van der Waals surface area contributed by atoms with Crippen molar-refractivity contribution in [3.63, 3.8) is 0 Å². The van der Waals surface area contributed by atoms with Gasteiger partial charge in [0.25, 0.3) is 0 Å². The maximum Gasteiger partial charge on any atom is 1.00 e. The molecule has 0 saturated heterocycles. The predicted molar refractivity (Wildman–Crippen MR) is 34.2 cm³/mol. The molecule has 0 fully saturated rings. The van der Waals surface area contributed by atoms with Gasteiger partial charge in [0.2, 0.25) is 0 Å². The van der Waals surface area contributed by atoms with Gasteiger partial charge in [-0.2, -0.15) is 0 Å². The molecule has 0 aliphatic carbocycles. The van der Waals surface area contributed by atoms with Crippen molar-refractivity contribution in [1.82, 2.24) is 0 Å². The smallest absolute Gasteiger partial charge is 0.746 e. The van der Waals surface area contributed by atoms with Gasteiger partial charge in [-0.3, -0.25) is 0 Å². The van der Waals surface area contributed by atoms with Crippen molar-refractivity contribution in [1.29, 1.82) is 0 Å². The van der Waals surface area contributed by atoms with Crippen LogP contribution in [0.3, 0.4) is 0 Å². The standard InChI is InChI=1S/C4H10O4S.Na.H2O/c1-3(2)4(5)9(6,7)8;;/h3-5H,1-2H3,(H,6,7,8);;1H2/q;+1;/p-1. The molecule has 1 atom stereocenters. The summed E-state index contributed by atoms with van der Waals surface area (Å²) in [5.41, 5.74) is -1.77. The molecular formula is C4H11NaO5S. The number of aliphatic hydroxyl groups excluding tert-OH is 1. The van der Waals surface area contributed by atoms with Crippen LogP contribution >= 0.6 is 0 Å². The molecule has 11 heavy (non-hydrogen) atoms. The van der Waals surface area contributed by atoms with Crippen LogP contribution in [0.5, 0.6) is 0 Å². The van der Waals surface area contributed by atoms with Crippen LogP contribution in [0.25, 0.3) is 0 Å². The maximum atomic E-state index is 9.97. The molecule has 64 valence electrons. The molecule has 0 aliphatic heterocycles. The van der Waals surface area contributed by atoms with Gasteiger partial charge >= 0.3 is 29.6 Å². The quantitative estimate of drug-likeness (QED) is 0.354. The SMILES string of the molecule is CC(C)C(O)S(=O)(=O)[O-].O.[Na+]. The van der Waals surface area contributed by atoms with E-state index in [0.717, 1.165) is 0 Å². The first-order valence-corrected chi connectivity index (χ1v) is 3.95. The second kappa shape index (κ2) is 6.36. The Morgan fingerprint density at radius 1 is 1.36 bits per heavy atom. The van der Waals surface area contributed by atoms with Gasteiger partial charge in [-0.15, -0.1) is 0 Å². The molecule has 1 unspecified atom stereocenters. The first-order chi connectivity index (χ1) is 3.85. The Morgan fingerprint density at radius 2 is 1.64 bits per heavy atom. The largest absolute Gasteiger partial charge is 1.00 e. The van der Waals surface area contributed by atoms with E-state index in [4.69, 9.17) is 5.11 Å². The van der Waals surface area contributed by atoms with E-state index in [0.29, 0.717) is 0 Å². The van der Waals surface area contributed by atoms with Gasteiger partial charge < -0.3 is 15.1 Å². The molecule has 0 aliphatic rings. The number of aliphatic hydroxyl groups is 1. The predicted octanol–water partition coefficient (Wildman–Crippen LogP) is -4.31. The molecule has 7 heteroatoms. The first-order valence-electron chi connectivity index (χ1n) is 2.48. The Bertz CT molecular complexity index is 175. The third kappa shape index (κ3) is 7.20. The fourth-order valence-corrected chi connectivity index (χ4v) is 1.00. The van der Waals surface area contributed by atoms with E-state index >= 15 is 0 Å². The van der Waals surface area contributed by atoms with Gasteiger partial charge in [0, 0.05) is 0 Å². The van der Waals surface area contributed by atoms with E-state index in [2.05, 4.69) is 0 Å². The molecule has 0 rings (SSSR count). The Kier molecular flexibility index (Phi) is 10.3. The van der Waals surface area contributed by atoms with Crippen LogP contribution in [0.1, 0.15) is 13.8 Å². The van der Waals surface area contributed by atoms with Crippen molar-refractivity contribution in [2.24, 2.45) is 5.92 Å². The summed E-state index contributed by atoms with van der Waals surface area (Å²) < 4.78 is 29.9. The van der Waals surface area contributed by atoms with Crippen LogP contribution in [0.15, 0.2) is 0 Å². The number of rotatable bonds is 2.